The van der Waals surface area contributed by atoms with Crippen molar-refractivity contribution in [3.05, 3.63) is 37.2 Å². The zero-order valence-corrected chi connectivity index (χ0v) is 14.8. The number of halogens is 4. The van der Waals surface area contributed by atoms with Crippen molar-refractivity contribution in [2.75, 3.05) is 12.8 Å². The van der Waals surface area contributed by atoms with Crippen LogP contribution in [0.2, 0.25) is 10.0 Å². The van der Waals surface area contributed by atoms with Crippen molar-refractivity contribution < 1.29 is 9.47 Å². The molecule has 106 valence electrons. The molecule has 0 aliphatic carbocycles. The summed E-state index contributed by atoms with van der Waals surface area (Å²) >= 11 is 18.6. The summed E-state index contributed by atoms with van der Waals surface area (Å²) in [5, 5.41) is 0.542. The molecule has 0 fully saturated rings. The molecule has 0 atom stereocenters. The smallest absolute Gasteiger partial charge is 0.240 e. The van der Waals surface area contributed by atoms with Crippen molar-refractivity contribution in [2.24, 2.45) is 0 Å². The Hall–Kier alpha value is -0.690. The average Bonchev–Trinajstić information content (AvgIpc) is 2.39. The average molecular weight is 443 g/mol. The number of aromatic nitrogens is 1. The van der Waals surface area contributed by atoms with E-state index in [0.29, 0.717) is 16.0 Å². The second-order valence-electron chi connectivity index (χ2n) is 3.66. The maximum absolute atomic E-state index is 6.02. The largest absolute Gasteiger partial charge is 0.496 e. The Balaban J connectivity index is 2.40. The third kappa shape index (κ3) is 3.31. The van der Waals surface area contributed by atoms with Gasteiger partial charge in [-0.05, 0) is 50.1 Å². The highest BCUT2D eigenvalue weighted by molar-refractivity contribution is 9.11. The number of anilines is 1. The molecule has 20 heavy (non-hydrogen) atoms. The number of nitrogen functional groups attached to an aromatic ring is 1. The molecule has 0 aliphatic heterocycles. The van der Waals surface area contributed by atoms with Gasteiger partial charge in [0, 0.05) is 0 Å². The van der Waals surface area contributed by atoms with Gasteiger partial charge in [-0.2, -0.15) is 4.98 Å². The van der Waals surface area contributed by atoms with Gasteiger partial charge in [0.25, 0.3) is 0 Å². The quantitative estimate of drug-likeness (QED) is 0.701. The lowest BCUT2D eigenvalue weighted by Crippen LogP contribution is -1.96. The van der Waals surface area contributed by atoms with Gasteiger partial charge >= 0.3 is 0 Å². The zero-order valence-electron chi connectivity index (χ0n) is 10.1. The first-order chi connectivity index (χ1) is 9.42. The maximum Gasteiger partial charge on any atom is 0.240 e. The monoisotopic (exact) mass is 440 g/mol. The summed E-state index contributed by atoms with van der Waals surface area (Å²) < 4.78 is 12.2. The second kappa shape index (κ2) is 6.39. The predicted molar refractivity (Wildman–Crippen MR) is 87.1 cm³/mol. The first-order valence-corrected chi connectivity index (χ1v) is 7.59. The lowest BCUT2D eigenvalue weighted by Gasteiger charge is -2.12. The Morgan fingerprint density at radius 1 is 1.05 bits per heavy atom. The molecule has 0 unspecified atom stereocenters. The molecule has 0 spiro atoms. The lowest BCUT2D eigenvalue weighted by atomic mass is 10.3. The number of ether oxygens (including phenoxy) is 2. The summed E-state index contributed by atoms with van der Waals surface area (Å²) in [7, 11) is 1.57. The summed E-state index contributed by atoms with van der Waals surface area (Å²) in [6.07, 6.45) is 0. The highest BCUT2D eigenvalue weighted by atomic mass is 79.9. The van der Waals surface area contributed by atoms with E-state index in [1.54, 1.807) is 19.2 Å². The van der Waals surface area contributed by atoms with E-state index in [1.165, 1.54) is 6.07 Å². The molecule has 8 heteroatoms. The minimum atomic E-state index is 0.148. The van der Waals surface area contributed by atoms with E-state index in [0.717, 1.165) is 4.47 Å². The van der Waals surface area contributed by atoms with Crippen LogP contribution in [-0.2, 0) is 0 Å². The highest BCUT2D eigenvalue weighted by Crippen LogP contribution is 2.40. The van der Waals surface area contributed by atoms with Gasteiger partial charge < -0.3 is 15.2 Å². The molecule has 2 aromatic rings. The summed E-state index contributed by atoms with van der Waals surface area (Å²) in [5.74, 6) is 1.49. The molecule has 2 N–H and O–H groups in total. The van der Waals surface area contributed by atoms with Crippen LogP contribution in [0.25, 0.3) is 0 Å². The fourth-order valence-corrected chi connectivity index (χ4v) is 2.67. The van der Waals surface area contributed by atoms with Crippen molar-refractivity contribution in [3.8, 4) is 17.4 Å². The van der Waals surface area contributed by atoms with Crippen LogP contribution < -0.4 is 15.2 Å². The van der Waals surface area contributed by atoms with Crippen molar-refractivity contribution >= 4 is 60.9 Å². The molecular formula is C12H8Br2Cl2N2O2. The summed E-state index contributed by atoms with van der Waals surface area (Å²) in [5.41, 5.74) is 5.63. The molecule has 0 amide bonds. The van der Waals surface area contributed by atoms with E-state index in [2.05, 4.69) is 36.8 Å². The fraction of sp³-hybridized carbons (Fsp3) is 0.0833. The molecule has 0 saturated carbocycles. The Morgan fingerprint density at radius 3 is 2.30 bits per heavy atom. The van der Waals surface area contributed by atoms with Crippen molar-refractivity contribution in [1.82, 2.24) is 4.98 Å². The van der Waals surface area contributed by atoms with E-state index in [4.69, 9.17) is 38.4 Å². The summed E-state index contributed by atoms with van der Waals surface area (Å²) in [6, 6.07) is 4.96. The van der Waals surface area contributed by atoms with E-state index >= 15 is 0 Å². The molecule has 1 aromatic heterocycles. The van der Waals surface area contributed by atoms with Crippen LogP contribution in [0.4, 0.5) is 5.82 Å². The first-order valence-electron chi connectivity index (χ1n) is 5.24. The Morgan fingerprint density at radius 2 is 1.65 bits per heavy atom. The molecule has 1 heterocycles. The van der Waals surface area contributed by atoms with Gasteiger partial charge in [-0.3, -0.25) is 0 Å². The Kier molecular flexibility index (Phi) is 5.01. The lowest BCUT2D eigenvalue weighted by molar-refractivity contribution is 0.408. The normalized spacial score (nSPS) is 10.4. The van der Waals surface area contributed by atoms with Crippen molar-refractivity contribution in [3.63, 3.8) is 0 Å². The summed E-state index contributed by atoms with van der Waals surface area (Å²) in [6.45, 7) is 0. The molecule has 4 nitrogen and oxygen atoms in total. The fourth-order valence-electron chi connectivity index (χ4n) is 1.38. The number of nitrogens with two attached hydrogens (primary N) is 1. The topological polar surface area (TPSA) is 57.4 Å². The number of pyridine rings is 1. The van der Waals surface area contributed by atoms with Crippen LogP contribution >= 0.6 is 55.1 Å². The van der Waals surface area contributed by atoms with E-state index in [1.807, 2.05) is 0 Å². The van der Waals surface area contributed by atoms with Crippen LogP contribution in [0, 0.1) is 0 Å². The maximum atomic E-state index is 6.02. The van der Waals surface area contributed by atoms with Gasteiger partial charge in [0.05, 0.1) is 21.1 Å². The number of hydrogen-bond donors (Lipinski definition) is 1. The van der Waals surface area contributed by atoms with Crippen LogP contribution in [0.3, 0.4) is 0 Å². The third-order valence-corrected chi connectivity index (χ3v) is 4.15. The van der Waals surface area contributed by atoms with Gasteiger partial charge in [-0.1, -0.05) is 23.2 Å². The van der Waals surface area contributed by atoms with Crippen molar-refractivity contribution in [1.29, 1.82) is 0 Å². The SMILES string of the molecule is COc1cc(Br)c(Oc2nc(N)c(Cl)cc2Cl)cc1Br. The van der Waals surface area contributed by atoms with Crippen LogP contribution in [-0.4, -0.2) is 12.1 Å². The van der Waals surface area contributed by atoms with Crippen LogP contribution in [0.1, 0.15) is 0 Å². The minimum absolute atomic E-state index is 0.148. The van der Waals surface area contributed by atoms with Gasteiger partial charge in [0.15, 0.2) is 0 Å². The Bertz CT molecular complexity index is 668. The molecular weight excluding hydrogens is 435 g/mol. The number of hydrogen-bond acceptors (Lipinski definition) is 4. The van der Waals surface area contributed by atoms with Gasteiger partial charge in [0.2, 0.25) is 5.88 Å². The molecule has 1 aromatic carbocycles. The number of benzene rings is 1. The standard InChI is InChI=1S/C12H8Br2Cl2N2O2/c1-19-9-2-6(14)10(3-5(9)13)20-12-8(16)4-7(15)11(17)18-12/h2-4H,1H3,(H2,17,18). The first kappa shape index (κ1) is 15.7. The van der Waals surface area contributed by atoms with Gasteiger partial charge in [0.1, 0.15) is 22.3 Å². The van der Waals surface area contributed by atoms with E-state index in [9.17, 15) is 0 Å². The third-order valence-electron chi connectivity index (χ3n) is 2.34. The van der Waals surface area contributed by atoms with Gasteiger partial charge in [-0.15, -0.1) is 0 Å². The number of nitrogens with zero attached hydrogens (tertiary/aromatic N) is 1. The summed E-state index contributed by atoms with van der Waals surface area (Å²) in [4.78, 5) is 4.01. The van der Waals surface area contributed by atoms with Crippen LogP contribution in [0.15, 0.2) is 27.1 Å². The molecule has 0 aliphatic rings. The Labute approximate surface area is 142 Å². The highest BCUT2D eigenvalue weighted by Gasteiger charge is 2.13. The molecule has 0 saturated heterocycles. The minimum Gasteiger partial charge on any atom is -0.496 e. The van der Waals surface area contributed by atoms with Crippen LogP contribution in [0.5, 0.6) is 17.4 Å². The predicted octanol–water partition coefficient (Wildman–Crippen LogP) is 5.30. The molecule has 2 rings (SSSR count). The molecule has 0 bridgehead atoms. The van der Waals surface area contributed by atoms with Gasteiger partial charge in [-0.25, -0.2) is 0 Å². The number of rotatable bonds is 3. The second-order valence-corrected chi connectivity index (χ2v) is 6.18. The van der Waals surface area contributed by atoms with E-state index < -0.39 is 0 Å². The van der Waals surface area contributed by atoms with Crippen molar-refractivity contribution in [2.45, 2.75) is 0 Å². The van der Waals surface area contributed by atoms with E-state index in [-0.39, 0.29) is 21.7 Å². The number of methoxy groups -OCH3 is 1. The zero-order chi connectivity index (χ0) is 14.9. The molecule has 0 radical (unpaired) electrons.